The number of pyridine rings is 1. The summed E-state index contributed by atoms with van der Waals surface area (Å²) >= 11 is 7.14. The van der Waals surface area contributed by atoms with Crippen LogP contribution in [0.1, 0.15) is 5.69 Å². The number of halogens is 1. The molecule has 4 aromatic rings. The van der Waals surface area contributed by atoms with Crippen molar-refractivity contribution in [3.05, 3.63) is 94.0 Å². The summed E-state index contributed by atoms with van der Waals surface area (Å²) in [4.78, 5) is 34.1. The van der Waals surface area contributed by atoms with Crippen LogP contribution < -0.4 is 11.0 Å². The Kier molecular flexibility index (Phi) is 6.40. The Labute approximate surface area is 186 Å². The molecule has 0 atom stereocenters. The average Bonchev–Trinajstić information content (AvgIpc) is 2.79. The van der Waals surface area contributed by atoms with Crippen LogP contribution in [-0.2, 0) is 4.79 Å². The lowest BCUT2D eigenvalue weighted by Gasteiger charge is -2.13. The van der Waals surface area contributed by atoms with Gasteiger partial charge in [0.15, 0.2) is 5.16 Å². The molecule has 7 nitrogen and oxygen atoms in total. The van der Waals surface area contributed by atoms with Crippen LogP contribution in [0.25, 0.3) is 16.6 Å². The SMILES string of the molecule is O=C(CSc1nc2ccccc2c(=O)n1-c1ccc(Cl)cc1)N/N=C/c1ccccn1. The lowest BCUT2D eigenvalue weighted by molar-refractivity contribution is -0.118. The fourth-order valence-corrected chi connectivity index (χ4v) is 3.74. The van der Waals surface area contributed by atoms with Crippen molar-refractivity contribution in [3.8, 4) is 5.69 Å². The zero-order valence-electron chi connectivity index (χ0n) is 16.1. The second kappa shape index (κ2) is 9.55. The number of hydrogen-bond acceptors (Lipinski definition) is 6. The van der Waals surface area contributed by atoms with Crippen molar-refractivity contribution < 1.29 is 4.79 Å². The topological polar surface area (TPSA) is 89.2 Å². The molecule has 0 bridgehead atoms. The molecule has 0 spiro atoms. The standard InChI is InChI=1S/C22H16ClN5O2S/c23-15-8-10-17(11-9-15)28-21(30)18-6-1-2-7-19(18)26-22(28)31-14-20(29)27-25-13-16-5-3-4-12-24-16/h1-13H,14H2,(H,27,29)/b25-13+. The number of nitrogens with zero attached hydrogens (tertiary/aromatic N) is 4. The third kappa shape index (κ3) is 4.99. The van der Waals surface area contributed by atoms with Gasteiger partial charge in [-0.1, -0.05) is 41.6 Å². The molecular weight excluding hydrogens is 434 g/mol. The van der Waals surface area contributed by atoms with E-state index in [2.05, 4.69) is 20.5 Å². The van der Waals surface area contributed by atoms with Crippen LogP contribution >= 0.6 is 23.4 Å². The molecule has 2 heterocycles. The van der Waals surface area contributed by atoms with E-state index < -0.39 is 0 Å². The van der Waals surface area contributed by atoms with E-state index in [1.54, 1.807) is 60.8 Å². The van der Waals surface area contributed by atoms with Gasteiger partial charge in [0.1, 0.15) is 0 Å². The summed E-state index contributed by atoms with van der Waals surface area (Å²) in [6.45, 7) is 0. The Morgan fingerprint density at radius 1 is 1.10 bits per heavy atom. The normalized spacial score (nSPS) is 11.1. The van der Waals surface area contributed by atoms with E-state index in [0.29, 0.717) is 32.5 Å². The molecule has 0 saturated carbocycles. The van der Waals surface area contributed by atoms with Gasteiger partial charge in [0.2, 0.25) is 0 Å². The first kappa shape index (κ1) is 20.8. The van der Waals surface area contributed by atoms with Gasteiger partial charge in [0.25, 0.3) is 11.5 Å². The summed E-state index contributed by atoms with van der Waals surface area (Å²) in [6, 6.07) is 19.4. The molecule has 4 rings (SSSR count). The molecule has 1 amide bonds. The number of carbonyl (C=O) groups excluding carboxylic acids is 1. The van der Waals surface area contributed by atoms with Gasteiger partial charge in [-0.3, -0.25) is 19.1 Å². The van der Waals surface area contributed by atoms with Crippen molar-refractivity contribution in [2.75, 3.05) is 5.75 Å². The fraction of sp³-hybridized carbons (Fsp3) is 0.0455. The average molecular weight is 450 g/mol. The highest BCUT2D eigenvalue weighted by Crippen LogP contribution is 2.22. The zero-order valence-corrected chi connectivity index (χ0v) is 17.7. The maximum Gasteiger partial charge on any atom is 0.266 e. The Balaban J connectivity index is 1.58. The summed E-state index contributed by atoms with van der Waals surface area (Å²) in [5.74, 6) is -0.306. The second-order valence-electron chi connectivity index (χ2n) is 6.36. The van der Waals surface area contributed by atoms with Crippen molar-refractivity contribution in [3.63, 3.8) is 0 Å². The highest BCUT2D eigenvalue weighted by molar-refractivity contribution is 7.99. The number of fused-ring (bicyclic) bond motifs is 1. The van der Waals surface area contributed by atoms with Gasteiger partial charge in [0, 0.05) is 11.2 Å². The second-order valence-corrected chi connectivity index (χ2v) is 7.74. The Hall–Kier alpha value is -3.49. The highest BCUT2D eigenvalue weighted by atomic mass is 35.5. The van der Waals surface area contributed by atoms with E-state index in [1.807, 2.05) is 12.1 Å². The molecule has 0 radical (unpaired) electrons. The monoisotopic (exact) mass is 449 g/mol. The number of nitrogens with one attached hydrogen (secondary N) is 1. The van der Waals surface area contributed by atoms with Gasteiger partial charge in [-0.2, -0.15) is 5.10 Å². The van der Waals surface area contributed by atoms with Crippen molar-refractivity contribution in [2.45, 2.75) is 5.16 Å². The summed E-state index contributed by atoms with van der Waals surface area (Å²) in [5.41, 5.74) is 4.04. The predicted octanol–water partition coefficient (Wildman–Crippen LogP) is 3.68. The van der Waals surface area contributed by atoms with Crippen LogP contribution in [0.5, 0.6) is 0 Å². The van der Waals surface area contributed by atoms with Crippen molar-refractivity contribution in [1.29, 1.82) is 0 Å². The number of hydrogen-bond donors (Lipinski definition) is 1. The van der Waals surface area contributed by atoms with Crippen molar-refractivity contribution in [2.24, 2.45) is 5.10 Å². The van der Waals surface area contributed by atoms with Gasteiger partial charge in [-0.05, 0) is 48.5 Å². The van der Waals surface area contributed by atoms with E-state index in [-0.39, 0.29) is 17.2 Å². The molecule has 0 saturated heterocycles. The van der Waals surface area contributed by atoms with Gasteiger partial charge in [-0.15, -0.1) is 0 Å². The minimum Gasteiger partial charge on any atom is -0.272 e. The molecule has 2 aromatic heterocycles. The molecule has 0 fully saturated rings. The molecule has 0 unspecified atom stereocenters. The van der Waals surface area contributed by atoms with Crippen LogP contribution in [0.2, 0.25) is 5.02 Å². The molecule has 0 aliphatic heterocycles. The Bertz CT molecular complexity index is 1310. The first-order chi connectivity index (χ1) is 15.1. The van der Waals surface area contributed by atoms with E-state index in [1.165, 1.54) is 10.8 Å². The summed E-state index contributed by atoms with van der Waals surface area (Å²) in [6.07, 6.45) is 3.10. The highest BCUT2D eigenvalue weighted by Gasteiger charge is 2.14. The van der Waals surface area contributed by atoms with Crippen molar-refractivity contribution in [1.82, 2.24) is 20.0 Å². The van der Waals surface area contributed by atoms with Crippen LogP contribution in [0.15, 0.2) is 88.0 Å². The quantitative estimate of drug-likeness (QED) is 0.210. The summed E-state index contributed by atoms with van der Waals surface area (Å²) in [5, 5.41) is 5.36. The lowest BCUT2D eigenvalue weighted by Crippen LogP contribution is -2.24. The third-order valence-corrected chi connectivity index (χ3v) is 5.43. The molecule has 31 heavy (non-hydrogen) atoms. The summed E-state index contributed by atoms with van der Waals surface area (Å²) < 4.78 is 1.48. The largest absolute Gasteiger partial charge is 0.272 e. The number of amides is 1. The van der Waals surface area contributed by atoms with Crippen LogP contribution in [0.4, 0.5) is 0 Å². The zero-order chi connectivity index (χ0) is 21.6. The minimum atomic E-state index is -0.331. The molecular formula is C22H16ClN5O2S. The molecule has 2 aromatic carbocycles. The first-order valence-electron chi connectivity index (χ1n) is 9.25. The Morgan fingerprint density at radius 3 is 2.65 bits per heavy atom. The van der Waals surface area contributed by atoms with Gasteiger partial charge >= 0.3 is 0 Å². The van der Waals surface area contributed by atoms with E-state index >= 15 is 0 Å². The number of carbonyl (C=O) groups is 1. The number of thioether (sulfide) groups is 1. The van der Waals surface area contributed by atoms with Gasteiger partial charge in [-0.25, -0.2) is 10.4 Å². The van der Waals surface area contributed by atoms with Crippen LogP contribution in [0.3, 0.4) is 0 Å². The number of hydrazone groups is 1. The molecule has 0 aliphatic rings. The Morgan fingerprint density at radius 2 is 1.87 bits per heavy atom. The molecule has 0 aliphatic carbocycles. The van der Waals surface area contributed by atoms with Crippen LogP contribution in [-0.4, -0.2) is 32.4 Å². The minimum absolute atomic E-state index is 0.0257. The third-order valence-electron chi connectivity index (χ3n) is 4.24. The van der Waals surface area contributed by atoms with E-state index in [9.17, 15) is 9.59 Å². The molecule has 154 valence electrons. The fourth-order valence-electron chi connectivity index (χ4n) is 2.81. The lowest BCUT2D eigenvalue weighted by atomic mass is 10.2. The number of para-hydroxylation sites is 1. The maximum atomic E-state index is 13.2. The predicted molar refractivity (Wildman–Crippen MR) is 123 cm³/mol. The van der Waals surface area contributed by atoms with Crippen molar-refractivity contribution >= 4 is 46.4 Å². The van der Waals surface area contributed by atoms with Crippen LogP contribution in [0, 0.1) is 0 Å². The van der Waals surface area contributed by atoms with E-state index in [0.717, 1.165) is 11.8 Å². The number of rotatable bonds is 6. The smallest absolute Gasteiger partial charge is 0.266 e. The first-order valence-corrected chi connectivity index (χ1v) is 10.6. The maximum absolute atomic E-state index is 13.2. The molecule has 9 heteroatoms. The number of aromatic nitrogens is 3. The summed E-state index contributed by atoms with van der Waals surface area (Å²) in [7, 11) is 0. The van der Waals surface area contributed by atoms with Gasteiger partial charge in [0.05, 0.1) is 34.3 Å². The van der Waals surface area contributed by atoms with Gasteiger partial charge < -0.3 is 0 Å². The number of benzene rings is 2. The van der Waals surface area contributed by atoms with E-state index in [4.69, 9.17) is 11.6 Å². The molecule has 1 N–H and O–H groups in total.